The summed E-state index contributed by atoms with van der Waals surface area (Å²) >= 11 is 1.39. The number of aliphatic imine (C=N–C) groups is 1. The van der Waals surface area contributed by atoms with Gasteiger partial charge in [-0.15, -0.1) is 0 Å². The fourth-order valence-corrected chi connectivity index (χ4v) is 4.56. The van der Waals surface area contributed by atoms with Gasteiger partial charge in [-0.05, 0) is 54.3 Å². The Hall–Kier alpha value is -2.28. The number of amidine groups is 2. The van der Waals surface area contributed by atoms with Crippen LogP contribution in [-0.4, -0.2) is 27.0 Å². The van der Waals surface area contributed by atoms with Crippen LogP contribution in [0.25, 0.3) is 6.08 Å². The first-order valence-electron chi connectivity index (χ1n) is 9.35. The number of nitrogens with zero attached hydrogens (tertiary/aromatic N) is 3. The number of halogens is 1. The molecule has 4 rings (SSSR count). The first-order chi connectivity index (χ1) is 13.1. The maximum absolute atomic E-state index is 13.1. The van der Waals surface area contributed by atoms with Crippen LogP contribution in [0.2, 0.25) is 0 Å². The number of nitrogens with one attached hydrogen (secondary N) is 1. The predicted molar refractivity (Wildman–Crippen MR) is 107 cm³/mol. The summed E-state index contributed by atoms with van der Waals surface area (Å²) in [6, 6.07) is 5.79. The zero-order chi connectivity index (χ0) is 18.8. The van der Waals surface area contributed by atoms with Crippen molar-refractivity contribution in [1.29, 1.82) is 5.41 Å². The molecule has 140 valence electrons. The second-order valence-corrected chi connectivity index (χ2v) is 8.15. The van der Waals surface area contributed by atoms with E-state index in [9.17, 15) is 9.18 Å². The number of carbonyl (C=O) groups is 1. The van der Waals surface area contributed by atoms with Crippen LogP contribution in [0.15, 0.2) is 39.9 Å². The van der Waals surface area contributed by atoms with Gasteiger partial charge in [-0.2, -0.15) is 15.1 Å². The largest absolute Gasteiger partial charge is 0.283 e. The number of amides is 1. The molecule has 1 N–H and O–H groups in total. The summed E-state index contributed by atoms with van der Waals surface area (Å²) in [7, 11) is 0. The Morgan fingerprint density at radius 1 is 1.22 bits per heavy atom. The van der Waals surface area contributed by atoms with E-state index in [-0.39, 0.29) is 17.2 Å². The molecule has 1 fully saturated rings. The molecule has 0 saturated heterocycles. The van der Waals surface area contributed by atoms with Crippen molar-refractivity contribution in [2.75, 3.05) is 0 Å². The molecule has 0 atom stereocenters. The summed E-state index contributed by atoms with van der Waals surface area (Å²) in [5.74, 6) is -0.0106. The van der Waals surface area contributed by atoms with Crippen molar-refractivity contribution >= 4 is 39.8 Å². The van der Waals surface area contributed by atoms with Crippen LogP contribution in [0.1, 0.15) is 50.5 Å². The molecule has 0 spiro atoms. The zero-order valence-corrected chi connectivity index (χ0v) is 15.8. The maximum Gasteiger partial charge on any atom is 0.283 e. The third kappa shape index (κ3) is 4.03. The Kier molecular flexibility index (Phi) is 5.20. The van der Waals surface area contributed by atoms with Crippen LogP contribution in [0, 0.1) is 17.1 Å². The average Bonchev–Trinajstić information content (AvgIpc) is 3.09. The molecule has 1 aliphatic carbocycles. The van der Waals surface area contributed by atoms with E-state index in [0.717, 1.165) is 23.8 Å². The number of fused-ring (bicyclic) bond motifs is 1. The molecular weight excluding hydrogens is 363 g/mol. The summed E-state index contributed by atoms with van der Waals surface area (Å²) in [5.41, 5.74) is 0.819. The number of thioether (sulfide) groups is 1. The van der Waals surface area contributed by atoms with Gasteiger partial charge < -0.3 is 0 Å². The third-order valence-corrected chi connectivity index (χ3v) is 6.14. The highest BCUT2D eigenvalue weighted by Crippen LogP contribution is 2.33. The van der Waals surface area contributed by atoms with E-state index in [1.807, 2.05) is 0 Å². The molecule has 1 saturated carbocycles. The van der Waals surface area contributed by atoms with Crippen LogP contribution >= 0.6 is 11.8 Å². The molecule has 2 aliphatic heterocycles. The second-order valence-electron chi connectivity index (χ2n) is 7.11. The fourth-order valence-electron chi connectivity index (χ4n) is 3.66. The first kappa shape index (κ1) is 18.1. The monoisotopic (exact) mass is 384 g/mol. The number of carbonyl (C=O) groups excluding carboxylic acids is 1. The van der Waals surface area contributed by atoms with E-state index >= 15 is 0 Å². The maximum atomic E-state index is 13.1. The summed E-state index contributed by atoms with van der Waals surface area (Å²) in [5, 5.41) is 15.7. The van der Waals surface area contributed by atoms with Crippen molar-refractivity contribution in [3.8, 4) is 0 Å². The van der Waals surface area contributed by atoms with Crippen LogP contribution < -0.4 is 0 Å². The SMILES string of the molecule is N=C1/C(=C/c2ccc(F)cc2)C(=O)N=C2SC(CCC3CCCCC3)=NN12. The predicted octanol–water partition coefficient (Wildman–Crippen LogP) is 4.81. The summed E-state index contributed by atoms with van der Waals surface area (Å²) in [6.45, 7) is 0. The quantitative estimate of drug-likeness (QED) is 0.758. The first-order valence-corrected chi connectivity index (χ1v) is 10.2. The highest BCUT2D eigenvalue weighted by atomic mass is 32.2. The normalized spacial score (nSPS) is 22.1. The minimum absolute atomic E-state index is 0.0227. The molecule has 5 nitrogen and oxygen atoms in total. The second kappa shape index (κ2) is 7.76. The topological polar surface area (TPSA) is 68.9 Å². The lowest BCUT2D eigenvalue weighted by Crippen LogP contribution is -2.35. The van der Waals surface area contributed by atoms with Crippen molar-refractivity contribution in [3.63, 3.8) is 0 Å². The van der Waals surface area contributed by atoms with Crippen molar-refractivity contribution in [2.24, 2.45) is 16.0 Å². The van der Waals surface area contributed by atoms with Gasteiger partial charge in [0.05, 0.1) is 5.57 Å². The van der Waals surface area contributed by atoms with Gasteiger partial charge in [0.2, 0.25) is 5.17 Å². The molecule has 27 heavy (non-hydrogen) atoms. The van der Waals surface area contributed by atoms with Gasteiger partial charge >= 0.3 is 0 Å². The van der Waals surface area contributed by atoms with Gasteiger partial charge in [-0.3, -0.25) is 10.2 Å². The van der Waals surface area contributed by atoms with Crippen molar-refractivity contribution in [2.45, 2.75) is 44.9 Å². The molecule has 2 heterocycles. The zero-order valence-electron chi connectivity index (χ0n) is 14.9. The Bertz CT molecular complexity index is 853. The lowest BCUT2D eigenvalue weighted by Gasteiger charge is -2.20. The minimum atomic E-state index is -0.452. The van der Waals surface area contributed by atoms with Crippen molar-refractivity contribution < 1.29 is 9.18 Å². The fraction of sp³-hybridized carbons (Fsp3) is 0.400. The highest BCUT2D eigenvalue weighted by Gasteiger charge is 2.35. The van der Waals surface area contributed by atoms with E-state index < -0.39 is 5.91 Å². The van der Waals surface area contributed by atoms with Crippen LogP contribution in [-0.2, 0) is 4.79 Å². The lowest BCUT2D eigenvalue weighted by molar-refractivity contribution is -0.114. The van der Waals surface area contributed by atoms with Gasteiger partial charge in [0.25, 0.3) is 5.91 Å². The van der Waals surface area contributed by atoms with E-state index in [1.165, 1.54) is 61.0 Å². The molecule has 1 amide bonds. The minimum Gasteiger partial charge on any atom is -0.282 e. The summed E-state index contributed by atoms with van der Waals surface area (Å²) in [6.07, 6.45) is 10.1. The van der Waals surface area contributed by atoms with E-state index in [1.54, 1.807) is 18.2 Å². The number of hydrogen-bond donors (Lipinski definition) is 1. The van der Waals surface area contributed by atoms with Gasteiger partial charge in [0.1, 0.15) is 10.9 Å². The Balaban J connectivity index is 1.48. The molecule has 1 aromatic rings. The number of benzene rings is 1. The molecule has 3 aliphatic rings. The summed E-state index contributed by atoms with van der Waals surface area (Å²) in [4.78, 5) is 16.5. The van der Waals surface area contributed by atoms with E-state index in [2.05, 4.69) is 10.1 Å². The molecule has 0 bridgehead atoms. The number of rotatable bonds is 4. The number of hydrazone groups is 1. The lowest BCUT2D eigenvalue weighted by atomic mass is 9.86. The summed E-state index contributed by atoms with van der Waals surface area (Å²) < 4.78 is 13.1. The van der Waals surface area contributed by atoms with E-state index in [4.69, 9.17) is 5.41 Å². The van der Waals surface area contributed by atoms with Crippen molar-refractivity contribution in [3.05, 3.63) is 41.2 Å². The van der Waals surface area contributed by atoms with E-state index in [0.29, 0.717) is 10.7 Å². The van der Waals surface area contributed by atoms with Crippen LogP contribution in [0.4, 0.5) is 4.39 Å². The van der Waals surface area contributed by atoms with Crippen LogP contribution in [0.5, 0.6) is 0 Å². The van der Waals surface area contributed by atoms with Gasteiger partial charge in [0.15, 0.2) is 5.84 Å². The average molecular weight is 384 g/mol. The van der Waals surface area contributed by atoms with Crippen molar-refractivity contribution in [1.82, 2.24) is 5.01 Å². The molecule has 0 radical (unpaired) electrons. The molecule has 1 aromatic carbocycles. The molecule has 0 aromatic heterocycles. The van der Waals surface area contributed by atoms with Crippen LogP contribution in [0.3, 0.4) is 0 Å². The third-order valence-electron chi connectivity index (χ3n) is 5.17. The number of hydrogen-bond acceptors (Lipinski definition) is 4. The Labute approximate surface area is 161 Å². The standard InChI is InChI=1S/C20H21FN4OS/c21-15-9-6-14(7-10-15)12-16-18(22)25-20(23-19(16)26)27-17(24-25)11-8-13-4-2-1-3-5-13/h6-7,9-10,12-13,22H,1-5,8,11H2/b16-12-,22-18?. The molecule has 7 heteroatoms. The molecular formula is C20H21FN4OS. The highest BCUT2D eigenvalue weighted by molar-refractivity contribution is 8.26. The van der Waals surface area contributed by atoms with Gasteiger partial charge in [-0.1, -0.05) is 44.2 Å². The molecule has 0 unspecified atom stereocenters. The Morgan fingerprint density at radius 2 is 1.96 bits per heavy atom. The smallest absolute Gasteiger partial charge is 0.282 e. The van der Waals surface area contributed by atoms with Gasteiger partial charge in [0, 0.05) is 0 Å². The Morgan fingerprint density at radius 3 is 2.70 bits per heavy atom. The van der Waals surface area contributed by atoms with Gasteiger partial charge in [-0.25, -0.2) is 4.39 Å².